The van der Waals surface area contributed by atoms with Crippen molar-refractivity contribution in [1.82, 2.24) is 5.43 Å². The van der Waals surface area contributed by atoms with Crippen molar-refractivity contribution in [3.05, 3.63) is 64.7 Å². The number of hydrogen-bond acceptors (Lipinski definition) is 5. The lowest BCUT2D eigenvalue weighted by molar-refractivity contribution is -0.124. The number of carbonyl (C=O) groups is 2. The fraction of sp³-hybridized carbons (Fsp3) is 0.227. The van der Waals surface area contributed by atoms with Crippen molar-refractivity contribution >= 4 is 39.6 Å². The van der Waals surface area contributed by atoms with Gasteiger partial charge in [0.1, 0.15) is 6.61 Å². The minimum absolute atomic E-state index is 0.0242. The van der Waals surface area contributed by atoms with Gasteiger partial charge in [-0.2, -0.15) is 5.10 Å². The average molecular weight is 474 g/mol. The lowest BCUT2D eigenvalue weighted by Gasteiger charge is -2.12. The van der Waals surface area contributed by atoms with Crippen molar-refractivity contribution in [1.29, 1.82) is 0 Å². The highest BCUT2D eigenvalue weighted by atomic mass is 79.9. The standard InChI is InChI=1S/C22H24BrN3O4/c1-4-11-30-22-17(23)12-16(13-19(22)29-3)14-24-26-21(28)10-9-20(27)25-18-8-6-5-7-15(18)2/h4-8,12-14H,1,9-11H2,2-3H3,(H,25,27)(H,26,28). The molecule has 8 heteroatoms. The summed E-state index contributed by atoms with van der Waals surface area (Å²) < 4.78 is 11.6. The number of hydrazone groups is 1. The Morgan fingerprint density at radius 2 is 1.93 bits per heavy atom. The summed E-state index contributed by atoms with van der Waals surface area (Å²) in [5.74, 6) is 0.487. The molecule has 2 rings (SSSR count). The van der Waals surface area contributed by atoms with E-state index in [9.17, 15) is 9.59 Å². The van der Waals surface area contributed by atoms with Crippen LogP contribution in [0.1, 0.15) is 24.0 Å². The molecule has 0 spiro atoms. The van der Waals surface area contributed by atoms with Crippen molar-refractivity contribution in [2.24, 2.45) is 5.10 Å². The minimum atomic E-state index is -0.358. The van der Waals surface area contributed by atoms with Crippen molar-refractivity contribution in [2.45, 2.75) is 19.8 Å². The van der Waals surface area contributed by atoms with Gasteiger partial charge in [0.25, 0.3) is 0 Å². The molecule has 0 radical (unpaired) electrons. The minimum Gasteiger partial charge on any atom is -0.493 e. The van der Waals surface area contributed by atoms with Crippen LogP contribution in [-0.2, 0) is 9.59 Å². The molecule has 0 fully saturated rings. The number of methoxy groups -OCH3 is 1. The number of rotatable bonds is 10. The molecule has 0 saturated carbocycles. The van der Waals surface area contributed by atoms with E-state index in [1.807, 2.05) is 31.2 Å². The molecule has 0 bridgehead atoms. The molecule has 2 N–H and O–H groups in total. The van der Waals surface area contributed by atoms with E-state index in [1.165, 1.54) is 13.3 Å². The van der Waals surface area contributed by atoms with E-state index < -0.39 is 0 Å². The van der Waals surface area contributed by atoms with Crippen LogP contribution in [0.2, 0.25) is 0 Å². The number of benzene rings is 2. The molecule has 0 atom stereocenters. The van der Waals surface area contributed by atoms with Gasteiger partial charge >= 0.3 is 0 Å². The van der Waals surface area contributed by atoms with Crippen LogP contribution in [0.4, 0.5) is 5.69 Å². The Hall–Kier alpha value is -3.13. The van der Waals surface area contributed by atoms with Gasteiger partial charge in [-0.25, -0.2) is 5.43 Å². The fourth-order valence-corrected chi connectivity index (χ4v) is 3.06. The molecule has 30 heavy (non-hydrogen) atoms. The molecule has 7 nitrogen and oxygen atoms in total. The molecule has 0 unspecified atom stereocenters. The normalized spacial score (nSPS) is 10.5. The summed E-state index contributed by atoms with van der Waals surface area (Å²) >= 11 is 3.43. The Kier molecular flexibility index (Phi) is 9.08. The van der Waals surface area contributed by atoms with Crippen LogP contribution >= 0.6 is 15.9 Å². The zero-order valence-corrected chi connectivity index (χ0v) is 18.5. The third kappa shape index (κ3) is 7.04. The zero-order chi connectivity index (χ0) is 21.9. The number of ether oxygens (including phenoxy) is 2. The number of aryl methyl sites for hydroxylation is 1. The first-order chi connectivity index (χ1) is 14.4. The lowest BCUT2D eigenvalue weighted by Crippen LogP contribution is -2.20. The van der Waals surface area contributed by atoms with Gasteiger partial charge in [-0.1, -0.05) is 30.9 Å². The SMILES string of the molecule is C=CCOc1c(Br)cc(C=NNC(=O)CCC(=O)Nc2ccccc2C)cc1OC. The van der Waals surface area contributed by atoms with Gasteiger partial charge in [0.05, 0.1) is 17.8 Å². The predicted octanol–water partition coefficient (Wildman–Crippen LogP) is 4.20. The molecule has 0 aliphatic carbocycles. The van der Waals surface area contributed by atoms with E-state index in [1.54, 1.807) is 18.2 Å². The summed E-state index contributed by atoms with van der Waals surface area (Å²) in [6.07, 6.45) is 3.20. The monoisotopic (exact) mass is 473 g/mol. The van der Waals surface area contributed by atoms with Gasteiger partial charge in [0.2, 0.25) is 11.8 Å². The van der Waals surface area contributed by atoms with E-state index in [4.69, 9.17) is 9.47 Å². The maximum atomic E-state index is 12.0. The molecule has 0 aliphatic heterocycles. The molecule has 0 heterocycles. The lowest BCUT2D eigenvalue weighted by atomic mass is 10.2. The van der Waals surface area contributed by atoms with Gasteiger partial charge in [0.15, 0.2) is 11.5 Å². The number of halogens is 1. The molecule has 2 amide bonds. The van der Waals surface area contributed by atoms with Crippen molar-refractivity contribution in [3.63, 3.8) is 0 Å². The number of anilines is 1. The second-order valence-corrected chi connectivity index (χ2v) is 7.14. The average Bonchev–Trinajstić information content (AvgIpc) is 2.73. The van der Waals surface area contributed by atoms with E-state index in [0.29, 0.717) is 28.1 Å². The van der Waals surface area contributed by atoms with Crippen LogP contribution in [-0.4, -0.2) is 31.7 Å². The molecular weight excluding hydrogens is 450 g/mol. The summed E-state index contributed by atoms with van der Waals surface area (Å²) in [5.41, 5.74) is 4.81. The van der Waals surface area contributed by atoms with Crippen molar-refractivity contribution in [2.75, 3.05) is 19.0 Å². The number of amides is 2. The molecular formula is C22H24BrN3O4. The summed E-state index contributed by atoms with van der Waals surface area (Å²) in [5, 5.41) is 6.73. The number of carbonyl (C=O) groups excluding carboxylic acids is 2. The molecule has 158 valence electrons. The third-order valence-electron chi connectivity index (χ3n) is 4.00. The van der Waals surface area contributed by atoms with E-state index >= 15 is 0 Å². The van der Waals surface area contributed by atoms with Crippen LogP contribution in [0.25, 0.3) is 0 Å². The number of nitrogens with zero attached hydrogens (tertiary/aromatic N) is 1. The summed E-state index contributed by atoms with van der Waals surface area (Å²) in [7, 11) is 1.53. The first kappa shape index (κ1) is 23.2. The summed E-state index contributed by atoms with van der Waals surface area (Å²) in [6.45, 7) is 5.87. The summed E-state index contributed by atoms with van der Waals surface area (Å²) in [6, 6.07) is 11.0. The Morgan fingerprint density at radius 3 is 2.63 bits per heavy atom. The van der Waals surface area contributed by atoms with Gasteiger partial charge < -0.3 is 14.8 Å². The molecule has 0 saturated heterocycles. The Morgan fingerprint density at radius 1 is 1.20 bits per heavy atom. The van der Waals surface area contributed by atoms with E-state index in [-0.39, 0.29) is 24.7 Å². The first-order valence-electron chi connectivity index (χ1n) is 9.23. The van der Waals surface area contributed by atoms with Crippen LogP contribution in [0, 0.1) is 6.92 Å². The molecule has 2 aromatic carbocycles. The number of hydrogen-bond donors (Lipinski definition) is 2. The van der Waals surface area contributed by atoms with E-state index in [0.717, 1.165) is 11.3 Å². The van der Waals surface area contributed by atoms with Gasteiger partial charge in [-0.3, -0.25) is 9.59 Å². The maximum absolute atomic E-state index is 12.0. The highest BCUT2D eigenvalue weighted by Crippen LogP contribution is 2.36. The van der Waals surface area contributed by atoms with Crippen LogP contribution in [0.5, 0.6) is 11.5 Å². The predicted molar refractivity (Wildman–Crippen MR) is 121 cm³/mol. The highest BCUT2D eigenvalue weighted by Gasteiger charge is 2.11. The smallest absolute Gasteiger partial charge is 0.240 e. The number of para-hydroxylation sites is 1. The van der Waals surface area contributed by atoms with Crippen molar-refractivity contribution in [3.8, 4) is 11.5 Å². The van der Waals surface area contributed by atoms with Crippen LogP contribution < -0.4 is 20.2 Å². The first-order valence-corrected chi connectivity index (χ1v) is 10.0. The molecule has 0 aliphatic rings. The Balaban J connectivity index is 1.86. The van der Waals surface area contributed by atoms with E-state index in [2.05, 4.69) is 38.4 Å². The third-order valence-corrected chi connectivity index (χ3v) is 4.59. The largest absolute Gasteiger partial charge is 0.493 e. The van der Waals surface area contributed by atoms with Gasteiger partial charge in [0, 0.05) is 18.5 Å². The quantitative estimate of drug-likeness (QED) is 0.307. The molecule has 2 aromatic rings. The summed E-state index contributed by atoms with van der Waals surface area (Å²) in [4.78, 5) is 24.0. The topological polar surface area (TPSA) is 89.0 Å². The van der Waals surface area contributed by atoms with Gasteiger partial charge in [-0.05, 0) is 52.2 Å². The van der Waals surface area contributed by atoms with Crippen LogP contribution in [0.3, 0.4) is 0 Å². The Labute approximate surface area is 184 Å². The second-order valence-electron chi connectivity index (χ2n) is 6.29. The van der Waals surface area contributed by atoms with Crippen molar-refractivity contribution < 1.29 is 19.1 Å². The second kappa shape index (κ2) is 11.8. The fourth-order valence-electron chi connectivity index (χ4n) is 2.48. The van der Waals surface area contributed by atoms with Crippen LogP contribution in [0.15, 0.2) is 58.6 Å². The molecule has 0 aromatic heterocycles. The number of nitrogens with one attached hydrogen (secondary N) is 2. The zero-order valence-electron chi connectivity index (χ0n) is 16.9. The maximum Gasteiger partial charge on any atom is 0.240 e. The Bertz CT molecular complexity index is 944. The van der Waals surface area contributed by atoms with Gasteiger partial charge in [-0.15, -0.1) is 0 Å². The highest BCUT2D eigenvalue weighted by molar-refractivity contribution is 9.10.